The van der Waals surface area contributed by atoms with Crippen molar-refractivity contribution in [3.63, 3.8) is 0 Å². The molecule has 4 aromatic rings. The highest BCUT2D eigenvalue weighted by Gasteiger charge is 2.46. The number of aliphatic hydroxyl groups is 1. The number of ether oxygens (including phenoxy) is 3. The van der Waals surface area contributed by atoms with Crippen LogP contribution in [0.4, 0.5) is 0 Å². The molecule has 0 aromatic heterocycles. The van der Waals surface area contributed by atoms with Crippen molar-refractivity contribution in [2.24, 2.45) is 0 Å². The summed E-state index contributed by atoms with van der Waals surface area (Å²) in [4.78, 5) is 31.0. The van der Waals surface area contributed by atoms with Crippen molar-refractivity contribution in [1.29, 1.82) is 0 Å². The van der Waals surface area contributed by atoms with Gasteiger partial charge in [0.25, 0.3) is 11.7 Å². The molecule has 1 atom stereocenters. The van der Waals surface area contributed by atoms with Crippen LogP contribution in [0.3, 0.4) is 0 Å². The van der Waals surface area contributed by atoms with Gasteiger partial charge in [0, 0.05) is 12.1 Å². The number of likely N-dealkylation sites (tertiary alicyclic amines) is 1. The largest absolute Gasteiger partial charge is 0.507 e. The fourth-order valence-electron chi connectivity index (χ4n) is 5.78. The second-order valence-corrected chi connectivity index (χ2v) is 11.4. The number of amides is 1. The standard InChI is InChI=1S/C39H42N2O6/c1-4-40(5-2)23-12-24-41-36(31-19-22-33(34(25-31)45-3)47-27-29-15-10-7-11-16-29)35(38(43)39(41)44)37(42)30-17-20-32(21-18-30)46-26-28-13-8-6-9-14-28/h6-11,13-22,25,36,42H,4-5,12,23-24,26-27H2,1-3H3. The summed E-state index contributed by atoms with van der Waals surface area (Å²) in [5.74, 6) is 0.0226. The monoisotopic (exact) mass is 634 g/mol. The first kappa shape index (κ1) is 33.3. The van der Waals surface area contributed by atoms with Gasteiger partial charge in [-0.2, -0.15) is 0 Å². The molecule has 0 spiro atoms. The molecule has 0 radical (unpaired) electrons. The maximum absolute atomic E-state index is 13.6. The summed E-state index contributed by atoms with van der Waals surface area (Å²) in [5, 5.41) is 11.6. The van der Waals surface area contributed by atoms with Crippen molar-refractivity contribution in [2.45, 2.75) is 39.5 Å². The summed E-state index contributed by atoms with van der Waals surface area (Å²) < 4.78 is 17.7. The van der Waals surface area contributed by atoms with E-state index < -0.39 is 17.7 Å². The van der Waals surface area contributed by atoms with Crippen LogP contribution >= 0.6 is 0 Å². The molecule has 47 heavy (non-hydrogen) atoms. The normalized spacial score (nSPS) is 15.7. The van der Waals surface area contributed by atoms with Crippen molar-refractivity contribution < 1.29 is 28.9 Å². The van der Waals surface area contributed by atoms with Crippen LogP contribution in [0.1, 0.15) is 48.6 Å². The Bertz CT molecular complexity index is 1670. The molecule has 1 N–H and O–H groups in total. The Kier molecular flexibility index (Phi) is 11.3. The minimum absolute atomic E-state index is 0.0378. The van der Waals surface area contributed by atoms with Crippen molar-refractivity contribution in [3.8, 4) is 17.2 Å². The van der Waals surface area contributed by atoms with E-state index in [1.807, 2.05) is 66.7 Å². The van der Waals surface area contributed by atoms with Crippen LogP contribution in [0.2, 0.25) is 0 Å². The molecule has 0 saturated carbocycles. The third-order valence-electron chi connectivity index (χ3n) is 8.42. The molecule has 8 heteroatoms. The molecule has 8 nitrogen and oxygen atoms in total. The number of benzene rings is 4. The maximum atomic E-state index is 13.6. The van der Waals surface area contributed by atoms with Crippen LogP contribution in [0.25, 0.3) is 5.76 Å². The van der Waals surface area contributed by atoms with Crippen LogP contribution in [0, 0.1) is 0 Å². The summed E-state index contributed by atoms with van der Waals surface area (Å²) in [5.41, 5.74) is 3.14. The lowest BCUT2D eigenvalue weighted by molar-refractivity contribution is -0.140. The van der Waals surface area contributed by atoms with Gasteiger partial charge in [0.1, 0.15) is 24.7 Å². The molecule has 0 bridgehead atoms. The van der Waals surface area contributed by atoms with E-state index in [2.05, 4.69) is 18.7 Å². The van der Waals surface area contributed by atoms with Gasteiger partial charge in [-0.05, 0) is 79.1 Å². The third-order valence-corrected chi connectivity index (χ3v) is 8.42. The number of carbonyl (C=O) groups is 2. The highest BCUT2D eigenvalue weighted by atomic mass is 16.5. The smallest absolute Gasteiger partial charge is 0.295 e. The lowest BCUT2D eigenvalue weighted by Crippen LogP contribution is -2.33. The predicted octanol–water partition coefficient (Wildman–Crippen LogP) is 7.01. The second kappa shape index (κ2) is 16.0. The Balaban J connectivity index is 1.45. The van der Waals surface area contributed by atoms with Gasteiger partial charge in [0.15, 0.2) is 11.5 Å². The number of hydrogen-bond donors (Lipinski definition) is 1. The fourth-order valence-corrected chi connectivity index (χ4v) is 5.78. The van der Waals surface area contributed by atoms with Crippen molar-refractivity contribution in [2.75, 3.05) is 33.3 Å². The quantitative estimate of drug-likeness (QED) is 0.0855. The first-order chi connectivity index (χ1) is 22.9. The van der Waals surface area contributed by atoms with E-state index >= 15 is 0 Å². The maximum Gasteiger partial charge on any atom is 0.295 e. The molecular formula is C39H42N2O6. The van der Waals surface area contributed by atoms with Gasteiger partial charge < -0.3 is 29.1 Å². The SMILES string of the molecule is CCN(CC)CCCN1C(=O)C(=O)C(=C(O)c2ccc(OCc3ccccc3)cc2)C1c1ccc(OCc2ccccc2)c(OC)c1. The number of rotatable bonds is 15. The Morgan fingerprint density at radius 3 is 2.00 bits per heavy atom. The lowest BCUT2D eigenvalue weighted by Gasteiger charge is -2.27. The highest BCUT2D eigenvalue weighted by molar-refractivity contribution is 6.46. The zero-order chi connectivity index (χ0) is 33.2. The van der Waals surface area contributed by atoms with E-state index in [9.17, 15) is 14.7 Å². The van der Waals surface area contributed by atoms with Crippen LogP contribution in [-0.4, -0.2) is 59.9 Å². The minimum Gasteiger partial charge on any atom is -0.507 e. The van der Waals surface area contributed by atoms with Crippen molar-refractivity contribution in [3.05, 3.63) is 131 Å². The highest BCUT2D eigenvalue weighted by Crippen LogP contribution is 2.42. The summed E-state index contributed by atoms with van der Waals surface area (Å²) in [6, 6.07) is 31.1. The molecule has 1 fully saturated rings. The van der Waals surface area contributed by atoms with Gasteiger partial charge in [-0.25, -0.2) is 0 Å². The number of aliphatic hydroxyl groups excluding tert-OH is 1. The topological polar surface area (TPSA) is 88.5 Å². The van der Waals surface area contributed by atoms with Gasteiger partial charge in [0.05, 0.1) is 18.7 Å². The number of methoxy groups -OCH3 is 1. The summed E-state index contributed by atoms with van der Waals surface area (Å²) >= 11 is 0. The Hall–Kier alpha value is -5.08. The van der Waals surface area contributed by atoms with E-state index in [4.69, 9.17) is 14.2 Å². The van der Waals surface area contributed by atoms with Gasteiger partial charge >= 0.3 is 0 Å². The average molecular weight is 635 g/mol. The summed E-state index contributed by atoms with van der Waals surface area (Å²) in [6.45, 7) is 7.87. The number of ketones is 1. The van der Waals surface area contributed by atoms with Crippen LogP contribution < -0.4 is 14.2 Å². The van der Waals surface area contributed by atoms with E-state index in [1.165, 1.54) is 0 Å². The Morgan fingerprint density at radius 1 is 0.787 bits per heavy atom. The Labute approximate surface area is 276 Å². The number of nitrogens with zero attached hydrogens (tertiary/aromatic N) is 2. The van der Waals surface area contributed by atoms with E-state index in [0.717, 1.165) is 30.8 Å². The van der Waals surface area contributed by atoms with Gasteiger partial charge in [0.2, 0.25) is 0 Å². The predicted molar refractivity (Wildman–Crippen MR) is 182 cm³/mol. The fraction of sp³-hybridized carbons (Fsp3) is 0.282. The molecule has 1 heterocycles. The molecule has 5 rings (SSSR count). The average Bonchev–Trinajstić information content (AvgIpc) is 3.37. The van der Waals surface area contributed by atoms with Crippen molar-refractivity contribution >= 4 is 17.4 Å². The molecule has 1 amide bonds. The number of hydrogen-bond acceptors (Lipinski definition) is 7. The lowest BCUT2D eigenvalue weighted by atomic mass is 9.95. The van der Waals surface area contributed by atoms with E-state index in [0.29, 0.717) is 54.6 Å². The van der Waals surface area contributed by atoms with Gasteiger partial charge in [-0.3, -0.25) is 9.59 Å². The van der Waals surface area contributed by atoms with Crippen LogP contribution in [0.15, 0.2) is 109 Å². The molecule has 1 saturated heterocycles. The van der Waals surface area contributed by atoms with Gasteiger partial charge in [-0.15, -0.1) is 0 Å². The molecule has 1 aliphatic rings. The van der Waals surface area contributed by atoms with Crippen LogP contribution in [0.5, 0.6) is 17.2 Å². The van der Waals surface area contributed by atoms with E-state index in [1.54, 1.807) is 48.4 Å². The zero-order valence-electron chi connectivity index (χ0n) is 27.2. The number of Topliss-reactive ketones (excluding diaryl/α,β-unsaturated/α-hetero) is 1. The summed E-state index contributed by atoms with van der Waals surface area (Å²) in [7, 11) is 1.55. The first-order valence-corrected chi connectivity index (χ1v) is 16.1. The third kappa shape index (κ3) is 8.02. The van der Waals surface area contributed by atoms with Gasteiger partial charge in [-0.1, -0.05) is 80.6 Å². The molecule has 4 aromatic carbocycles. The van der Waals surface area contributed by atoms with Crippen LogP contribution in [-0.2, 0) is 22.8 Å². The second-order valence-electron chi connectivity index (χ2n) is 11.4. The zero-order valence-corrected chi connectivity index (χ0v) is 27.2. The summed E-state index contributed by atoms with van der Waals surface area (Å²) in [6.07, 6.45) is 0.675. The molecule has 0 aliphatic carbocycles. The number of carbonyl (C=O) groups excluding carboxylic acids is 2. The molecule has 1 aliphatic heterocycles. The Morgan fingerprint density at radius 2 is 1.40 bits per heavy atom. The molecule has 1 unspecified atom stereocenters. The molecular weight excluding hydrogens is 592 g/mol. The minimum atomic E-state index is -0.808. The first-order valence-electron chi connectivity index (χ1n) is 16.1. The molecule has 244 valence electrons. The van der Waals surface area contributed by atoms with Crippen molar-refractivity contribution in [1.82, 2.24) is 9.80 Å². The van der Waals surface area contributed by atoms with E-state index in [-0.39, 0.29) is 11.3 Å².